The molecule has 144 valence electrons. The van der Waals surface area contributed by atoms with E-state index in [1.165, 1.54) is 0 Å². The molecule has 0 bridgehead atoms. The van der Waals surface area contributed by atoms with Crippen molar-refractivity contribution in [1.29, 1.82) is 0 Å². The standard InChI is InChI=1S/C21H20ClN3O3/c1-25(14-20(26)23-24-21(27)16-5-3-2-4-6-16)13-18-11-12-19(28-18)15-7-9-17(22)10-8-15/h2-12H,13-14H2,1H3,(H,23,26)(H,24,27). The molecule has 0 aliphatic rings. The van der Waals surface area contributed by atoms with Gasteiger partial charge in [0.15, 0.2) is 0 Å². The largest absolute Gasteiger partial charge is 0.460 e. The van der Waals surface area contributed by atoms with Gasteiger partial charge in [0, 0.05) is 16.1 Å². The number of likely N-dealkylation sites (N-methyl/N-ethyl adjacent to an activating group) is 1. The molecular weight excluding hydrogens is 378 g/mol. The number of nitrogens with one attached hydrogen (secondary N) is 2. The predicted octanol–water partition coefficient (Wildman–Crippen LogP) is 3.49. The Hall–Kier alpha value is -3.09. The predicted molar refractivity (Wildman–Crippen MR) is 108 cm³/mol. The van der Waals surface area contributed by atoms with E-state index >= 15 is 0 Å². The zero-order valence-corrected chi connectivity index (χ0v) is 16.1. The Bertz CT molecular complexity index is 939. The molecule has 6 nitrogen and oxygen atoms in total. The molecule has 1 heterocycles. The normalized spacial score (nSPS) is 10.7. The van der Waals surface area contributed by atoms with Gasteiger partial charge in [0.1, 0.15) is 11.5 Å². The average Bonchev–Trinajstić information content (AvgIpc) is 3.15. The Kier molecular flexibility index (Phi) is 6.47. The first-order valence-electron chi connectivity index (χ1n) is 8.68. The van der Waals surface area contributed by atoms with Crippen LogP contribution in [-0.2, 0) is 11.3 Å². The van der Waals surface area contributed by atoms with E-state index in [9.17, 15) is 9.59 Å². The molecule has 2 N–H and O–H groups in total. The SMILES string of the molecule is CN(CC(=O)NNC(=O)c1ccccc1)Cc1ccc(-c2ccc(Cl)cc2)o1. The van der Waals surface area contributed by atoms with Crippen LogP contribution < -0.4 is 10.9 Å². The fraction of sp³-hybridized carbons (Fsp3) is 0.143. The first-order chi connectivity index (χ1) is 13.5. The lowest BCUT2D eigenvalue weighted by Gasteiger charge is -2.15. The van der Waals surface area contributed by atoms with Crippen LogP contribution in [0, 0.1) is 0 Å². The second-order valence-corrected chi connectivity index (χ2v) is 6.75. The monoisotopic (exact) mass is 397 g/mol. The number of rotatable bonds is 6. The Morgan fingerprint density at radius 2 is 1.68 bits per heavy atom. The Balaban J connectivity index is 1.47. The van der Waals surface area contributed by atoms with Gasteiger partial charge in [0.25, 0.3) is 11.8 Å². The lowest BCUT2D eigenvalue weighted by molar-refractivity contribution is -0.122. The van der Waals surface area contributed by atoms with Crippen LogP contribution in [0.15, 0.2) is 71.1 Å². The molecule has 0 spiro atoms. The van der Waals surface area contributed by atoms with Crippen LogP contribution in [0.5, 0.6) is 0 Å². The number of amides is 2. The second-order valence-electron chi connectivity index (χ2n) is 6.31. The first-order valence-corrected chi connectivity index (χ1v) is 9.06. The third-order valence-electron chi connectivity index (χ3n) is 3.98. The summed E-state index contributed by atoms with van der Waals surface area (Å²) in [7, 11) is 1.79. The first kappa shape index (κ1) is 19.7. The molecule has 2 aromatic carbocycles. The molecule has 28 heavy (non-hydrogen) atoms. The van der Waals surface area contributed by atoms with E-state index in [1.807, 2.05) is 30.3 Å². The van der Waals surface area contributed by atoms with Crippen LogP contribution in [0.2, 0.25) is 5.02 Å². The summed E-state index contributed by atoms with van der Waals surface area (Å²) >= 11 is 5.90. The van der Waals surface area contributed by atoms with Crippen molar-refractivity contribution >= 4 is 23.4 Å². The molecule has 0 aliphatic heterocycles. The third-order valence-corrected chi connectivity index (χ3v) is 4.23. The zero-order valence-electron chi connectivity index (χ0n) is 15.3. The molecule has 3 aromatic rings. The second kappa shape index (κ2) is 9.21. The molecule has 0 aliphatic carbocycles. The van der Waals surface area contributed by atoms with Crippen molar-refractivity contribution in [2.45, 2.75) is 6.54 Å². The molecule has 0 saturated heterocycles. The van der Waals surface area contributed by atoms with Gasteiger partial charge >= 0.3 is 0 Å². The van der Waals surface area contributed by atoms with Crippen LogP contribution in [0.4, 0.5) is 0 Å². The van der Waals surface area contributed by atoms with Crippen molar-refractivity contribution in [3.05, 3.63) is 83.1 Å². The van der Waals surface area contributed by atoms with Crippen LogP contribution in [-0.4, -0.2) is 30.3 Å². The number of hydrazine groups is 1. The number of carbonyl (C=O) groups is 2. The highest BCUT2D eigenvalue weighted by atomic mass is 35.5. The minimum absolute atomic E-state index is 0.103. The van der Waals surface area contributed by atoms with Crippen LogP contribution in [0.3, 0.4) is 0 Å². The summed E-state index contributed by atoms with van der Waals surface area (Å²) in [6, 6.07) is 19.8. The van der Waals surface area contributed by atoms with E-state index in [2.05, 4.69) is 10.9 Å². The number of furan rings is 1. The Labute approximate surface area is 168 Å². The summed E-state index contributed by atoms with van der Waals surface area (Å²) < 4.78 is 5.83. The van der Waals surface area contributed by atoms with Gasteiger partial charge in [-0.2, -0.15) is 0 Å². The summed E-state index contributed by atoms with van der Waals surface area (Å²) in [6.45, 7) is 0.555. The van der Waals surface area contributed by atoms with E-state index in [0.29, 0.717) is 17.1 Å². The summed E-state index contributed by atoms with van der Waals surface area (Å²) in [4.78, 5) is 25.7. The van der Waals surface area contributed by atoms with E-state index in [1.54, 1.807) is 48.3 Å². The number of hydrogen-bond acceptors (Lipinski definition) is 4. The number of benzene rings is 2. The maximum Gasteiger partial charge on any atom is 0.269 e. The molecule has 0 saturated carbocycles. The van der Waals surface area contributed by atoms with Crippen molar-refractivity contribution in [2.75, 3.05) is 13.6 Å². The molecule has 2 amide bonds. The number of hydrogen-bond donors (Lipinski definition) is 2. The highest BCUT2D eigenvalue weighted by Gasteiger charge is 2.12. The van der Waals surface area contributed by atoms with Gasteiger partial charge in [-0.25, -0.2) is 0 Å². The van der Waals surface area contributed by atoms with Crippen molar-refractivity contribution in [1.82, 2.24) is 15.8 Å². The van der Waals surface area contributed by atoms with E-state index in [0.717, 1.165) is 17.1 Å². The van der Waals surface area contributed by atoms with E-state index in [4.69, 9.17) is 16.0 Å². The highest BCUT2D eigenvalue weighted by Crippen LogP contribution is 2.24. The Morgan fingerprint density at radius 3 is 2.39 bits per heavy atom. The van der Waals surface area contributed by atoms with E-state index < -0.39 is 0 Å². The average molecular weight is 398 g/mol. The summed E-state index contributed by atoms with van der Waals surface area (Å²) in [5.41, 5.74) is 6.21. The number of nitrogens with zero attached hydrogens (tertiary/aromatic N) is 1. The molecule has 0 fully saturated rings. The van der Waals surface area contributed by atoms with Crippen LogP contribution in [0.1, 0.15) is 16.1 Å². The van der Waals surface area contributed by atoms with Gasteiger partial charge in [0.2, 0.25) is 0 Å². The molecule has 1 aromatic heterocycles. The van der Waals surface area contributed by atoms with Gasteiger partial charge in [-0.05, 0) is 55.6 Å². The van der Waals surface area contributed by atoms with Gasteiger partial charge in [-0.1, -0.05) is 29.8 Å². The topological polar surface area (TPSA) is 74.6 Å². The molecular formula is C21H20ClN3O3. The number of carbonyl (C=O) groups excluding carboxylic acids is 2. The minimum Gasteiger partial charge on any atom is -0.460 e. The zero-order chi connectivity index (χ0) is 19.9. The third kappa shape index (κ3) is 5.45. The van der Waals surface area contributed by atoms with Crippen LogP contribution in [0.25, 0.3) is 11.3 Å². The highest BCUT2D eigenvalue weighted by molar-refractivity contribution is 6.30. The molecule has 0 unspecified atom stereocenters. The maximum atomic E-state index is 12.0. The quantitative estimate of drug-likeness (QED) is 0.624. The fourth-order valence-corrected chi connectivity index (χ4v) is 2.75. The number of halogens is 1. The lowest BCUT2D eigenvalue weighted by Crippen LogP contribution is -2.45. The molecule has 0 atom stereocenters. The maximum absolute atomic E-state index is 12.0. The molecule has 7 heteroatoms. The summed E-state index contributed by atoms with van der Waals surface area (Å²) in [5, 5.41) is 0.667. The van der Waals surface area contributed by atoms with Crippen molar-refractivity contribution in [3.8, 4) is 11.3 Å². The van der Waals surface area contributed by atoms with Crippen molar-refractivity contribution in [3.63, 3.8) is 0 Å². The van der Waals surface area contributed by atoms with Crippen LogP contribution >= 0.6 is 11.6 Å². The Morgan fingerprint density at radius 1 is 0.964 bits per heavy atom. The lowest BCUT2D eigenvalue weighted by atomic mass is 10.2. The van der Waals surface area contributed by atoms with Gasteiger partial charge < -0.3 is 4.42 Å². The van der Waals surface area contributed by atoms with Crippen molar-refractivity contribution < 1.29 is 14.0 Å². The summed E-state index contributed by atoms with van der Waals surface area (Å²) in [6.07, 6.45) is 0. The van der Waals surface area contributed by atoms with Gasteiger partial charge in [-0.3, -0.25) is 25.3 Å². The van der Waals surface area contributed by atoms with Gasteiger partial charge in [0.05, 0.1) is 13.1 Å². The minimum atomic E-state index is -0.366. The van der Waals surface area contributed by atoms with Crippen molar-refractivity contribution in [2.24, 2.45) is 0 Å². The fourth-order valence-electron chi connectivity index (χ4n) is 2.63. The molecule has 0 radical (unpaired) electrons. The smallest absolute Gasteiger partial charge is 0.269 e. The van der Waals surface area contributed by atoms with E-state index in [-0.39, 0.29) is 18.4 Å². The summed E-state index contributed by atoms with van der Waals surface area (Å²) in [5.74, 6) is 0.778. The van der Waals surface area contributed by atoms with Gasteiger partial charge in [-0.15, -0.1) is 0 Å². The molecule has 3 rings (SSSR count).